The van der Waals surface area contributed by atoms with E-state index >= 15 is 0 Å². The maximum Gasteiger partial charge on any atom is 0.305 e. The number of aliphatic carboxylic acids is 1. The molecule has 3 heterocycles. The first kappa shape index (κ1) is 17.2. The first-order chi connectivity index (χ1) is 12.1. The van der Waals surface area contributed by atoms with E-state index in [9.17, 15) is 9.59 Å². The average Bonchev–Trinajstić information content (AvgIpc) is 3.26. The summed E-state index contributed by atoms with van der Waals surface area (Å²) in [5, 5.41) is 16.3. The van der Waals surface area contributed by atoms with Gasteiger partial charge in [-0.25, -0.2) is 4.98 Å². The zero-order chi connectivity index (χ0) is 17.6. The number of thiophene rings is 1. The highest BCUT2D eigenvalue weighted by Crippen LogP contribution is 2.24. The van der Waals surface area contributed by atoms with Crippen LogP contribution in [0.5, 0.6) is 0 Å². The second-order valence-corrected chi connectivity index (χ2v) is 7.13. The Morgan fingerprint density at radius 3 is 2.80 bits per heavy atom. The lowest BCUT2D eigenvalue weighted by atomic mass is 10.1. The van der Waals surface area contributed by atoms with E-state index in [2.05, 4.69) is 15.3 Å². The summed E-state index contributed by atoms with van der Waals surface area (Å²) in [6.45, 7) is 0. The number of carbonyl (C=O) groups excluding carboxylic acids is 1. The SMILES string of the molecule is O=C(O)CC(NC(=O)Cc1csc(-c2cccnc2)n1)c1cccs1. The highest BCUT2D eigenvalue weighted by atomic mass is 32.1. The molecule has 0 fully saturated rings. The summed E-state index contributed by atoms with van der Waals surface area (Å²) in [4.78, 5) is 32.7. The van der Waals surface area contributed by atoms with Crippen molar-refractivity contribution >= 4 is 34.6 Å². The molecule has 0 aliphatic rings. The van der Waals surface area contributed by atoms with Crippen LogP contribution in [0.2, 0.25) is 0 Å². The van der Waals surface area contributed by atoms with Gasteiger partial charge in [0.05, 0.1) is 24.6 Å². The van der Waals surface area contributed by atoms with Crippen LogP contribution in [0, 0.1) is 0 Å². The van der Waals surface area contributed by atoms with Gasteiger partial charge in [0, 0.05) is 28.2 Å². The lowest BCUT2D eigenvalue weighted by Crippen LogP contribution is -2.31. The predicted octanol–water partition coefficient (Wildman–Crippen LogP) is 3.14. The zero-order valence-electron chi connectivity index (χ0n) is 13.1. The highest BCUT2D eigenvalue weighted by molar-refractivity contribution is 7.13. The van der Waals surface area contributed by atoms with Crippen molar-refractivity contribution in [3.8, 4) is 10.6 Å². The van der Waals surface area contributed by atoms with Crippen LogP contribution >= 0.6 is 22.7 Å². The van der Waals surface area contributed by atoms with Crippen LogP contribution in [0.1, 0.15) is 23.0 Å². The van der Waals surface area contributed by atoms with E-state index < -0.39 is 12.0 Å². The molecule has 2 N–H and O–H groups in total. The first-order valence-corrected chi connectivity index (χ1v) is 9.27. The second kappa shape index (κ2) is 8.00. The number of hydrogen-bond donors (Lipinski definition) is 2. The Kier molecular flexibility index (Phi) is 5.52. The van der Waals surface area contributed by atoms with Crippen molar-refractivity contribution in [1.29, 1.82) is 0 Å². The molecule has 3 aromatic heterocycles. The predicted molar refractivity (Wildman–Crippen MR) is 96.5 cm³/mol. The number of carboxylic acid groups (broad SMARTS) is 1. The van der Waals surface area contributed by atoms with Crippen LogP contribution in [-0.2, 0) is 16.0 Å². The highest BCUT2D eigenvalue weighted by Gasteiger charge is 2.19. The minimum atomic E-state index is -0.953. The second-order valence-electron chi connectivity index (χ2n) is 5.30. The van der Waals surface area contributed by atoms with Gasteiger partial charge in [0.25, 0.3) is 0 Å². The van der Waals surface area contributed by atoms with Gasteiger partial charge in [-0.3, -0.25) is 14.6 Å². The number of amides is 1. The van der Waals surface area contributed by atoms with E-state index in [4.69, 9.17) is 5.11 Å². The zero-order valence-corrected chi connectivity index (χ0v) is 14.7. The van der Waals surface area contributed by atoms with Crippen LogP contribution in [0.3, 0.4) is 0 Å². The number of aromatic nitrogens is 2. The van der Waals surface area contributed by atoms with Crippen molar-refractivity contribution in [3.63, 3.8) is 0 Å². The summed E-state index contributed by atoms with van der Waals surface area (Å²) >= 11 is 2.87. The quantitative estimate of drug-likeness (QED) is 0.664. The van der Waals surface area contributed by atoms with Crippen molar-refractivity contribution in [2.75, 3.05) is 0 Å². The summed E-state index contributed by atoms with van der Waals surface area (Å²) in [5.74, 6) is -1.20. The van der Waals surface area contributed by atoms with Crippen LogP contribution < -0.4 is 5.32 Å². The smallest absolute Gasteiger partial charge is 0.305 e. The van der Waals surface area contributed by atoms with Gasteiger partial charge in [-0.05, 0) is 23.6 Å². The Labute approximate surface area is 152 Å². The van der Waals surface area contributed by atoms with E-state index in [1.54, 1.807) is 12.4 Å². The molecule has 0 spiro atoms. The molecule has 1 unspecified atom stereocenters. The van der Waals surface area contributed by atoms with Gasteiger partial charge >= 0.3 is 5.97 Å². The molecule has 6 nitrogen and oxygen atoms in total. The summed E-state index contributed by atoms with van der Waals surface area (Å²) in [6.07, 6.45) is 3.38. The molecule has 0 aliphatic carbocycles. The number of nitrogens with zero attached hydrogens (tertiary/aromatic N) is 2. The molecule has 128 valence electrons. The van der Waals surface area contributed by atoms with Gasteiger partial charge in [-0.2, -0.15) is 0 Å². The summed E-state index contributed by atoms with van der Waals surface area (Å²) in [5.41, 5.74) is 1.56. The van der Waals surface area contributed by atoms with Crippen molar-refractivity contribution in [1.82, 2.24) is 15.3 Å². The molecule has 1 atom stereocenters. The van der Waals surface area contributed by atoms with Gasteiger partial charge < -0.3 is 10.4 Å². The van der Waals surface area contributed by atoms with Crippen molar-refractivity contribution in [2.45, 2.75) is 18.9 Å². The topological polar surface area (TPSA) is 92.2 Å². The van der Waals surface area contributed by atoms with E-state index in [0.717, 1.165) is 15.4 Å². The lowest BCUT2D eigenvalue weighted by molar-refractivity contribution is -0.137. The molecule has 0 saturated carbocycles. The van der Waals surface area contributed by atoms with Crippen molar-refractivity contribution < 1.29 is 14.7 Å². The van der Waals surface area contributed by atoms with Gasteiger partial charge in [0.15, 0.2) is 0 Å². The number of rotatable bonds is 7. The average molecular weight is 373 g/mol. The number of nitrogens with one attached hydrogen (secondary N) is 1. The maximum absolute atomic E-state index is 12.3. The number of pyridine rings is 1. The first-order valence-electron chi connectivity index (χ1n) is 7.51. The molecule has 3 rings (SSSR count). The largest absolute Gasteiger partial charge is 0.481 e. The Hall–Kier alpha value is -2.58. The lowest BCUT2D eigenvalue weighted by Gasteiger charge is -2.15. The summed E-state index contributed by atoms with van der Waals surface area (Å²) < 4.78 is 0. The van der Waals surface area contributed by atoms with Crippen LogP contribution in [0.25, 0.3) is 10.6 Å². The molecular weight excluding hydrogens is 358 g/mol. The van der Waals surface area contributed by atoms with Crippen molar-refractivity contribution in [2.24, 2.45) is 0 Å². The minimum Gasteiger partial charge on any atom is -0.481 e. The van der Waals surface area contributed by atoms with Gasteiger partial charge in [0.1, 0.15) is 5.01 Å². The molecule has 3 aromatic rings. The number of thiazole rings is 1. The molecule has 0 aromatic carbocycles. The summed E-state index contributed by atoms with van der Waals surface area (Å²) in [7, 11) is 0. The molecule has 8 heteroatoms. The standard InChI is InChI=1S/C17H15N3O3S2/c21-15(20-13(8-16(22)23)14-4-2-6-24-14)7-12-10-25-17(19-12)11-3-1-5-18-9-11/h1-6,9-10,13H,7-8H2,(H,20,21)(H,22,23). The molecular formula is C17H15N3O3S2. The minimum absolute atomic E-state index is 0.109. The van der Waals surface area contributed by atoms with Gasteiger partial charge in [-0.15, -0.1) is 22.7 Å². The van der Waals surface area contributed by atoms with Crippen LogP contribution in [0.15, 0.2) is 47.4 Å². The molecule has 0 aliphatic heterocycles. The Balaban J connectivity index is 1.65. The fourth-order valence-electron chi connectivity index (χ4n) is 2.31. The monoisotopic (exact) mass is 373 g/mol. The Bertz CT molecular complexity index is 847. The van der Waals surface area contributed by atoms with Crippen LogP contribution in [-0.4, -0.2) is 27.0 Å². The van der Waals surface area contributed by atoms with Crippen LogP contribution in [0.4, 0.5) is 0 Å². The fraction of sp³-hybridized carbons (Fsp3) is 0.176. The van der Waals surface area contributed by atoms with Gasteiger partial charge in [-0.1, -0.05) is 6.07 Å². The normalized spacial score (nSPS) is 11.8. The maximum atomic E-state index is 12.3. The third kappa shape index (κ3) is 4.71. The van der Waals surface area contributed by atoms with E-state index in [1.165, 1.54) is 22.7 Å². The van der Waals surface area contributed by atoms with E-state index in [0.29, 0.717) is 5.69 Å². The Morgan fingerprint density at radius 2 is 2.12 bits per heavy atom. The molecule has 0 saturated heterocycles. The van der Waals surface area contributed by atoms with Crippen molar-refractivity contribution in [3.05, 3.63) is 58.0 Å². The number of carboxylic acids is 1. The van der Waals surface area contributed by atoms with E-state index in [-0.39, 0.29) is 18.7 Å². The Morgan fingerprint density at radius 1 is 1.24 bits per heavy atom. The number of carbonyl (C=O) groups is 2. The molecule has 1 amide bonds. The fourth-order valence-corrected chi connectivity index (χ4v) is 3.90. The van der Waals surface area contributed by atoms with E-state index in [1.807, 2.05) is 35.0 Å². The molecule has 0 bridgehead atoms. The molecule has 25 heavy (non-hydrogen) atoms. The third-order valence-corrected chi connectivity index (χ3v) is 5.33. The van der Waals surface area contributed by atoms with Gasteiger partial charge in [0.2, 0.25) is 5.91 Å². The summed E-state index contributed by atoms with van der Waals surface area (Å²) in [6, 6.07) is 6.88. The molecule has 0 radical (unpaired) electrons. The third-order valence-electron chi connectivity index (χ3n) is 3.40. The number of hydrogen-bond acceptors (Lipinski definition) is 6.